The second-order valence-corrected chi connectivity index (χ2v) is 5.10. The number of rotatable bonds is 6. The molecule has 0 aliphatic carbocycles. The molecule has 2 aromatic carbocycles. The highest BCUT2D eigenvalue weighted by Gasteiger charge is 2.03. The number of benzene rings is 2. The molecular formula is C19H20N2O. The lowest BCUT2D eigenvalue weighted by Gasteiger charge is -2.09. The Hall–Kier alpha value is -2.81. The predicted molar refractivity (Wildman–Crippen MR) is 91.7 cm³/mol. The molecule has 0 bridgehead atoms. The number of anilines is 1. The Morgan fingerprint density at radius 3 is 2.14 bits per heavy atom. The molecule has 0 saturated carbocycles. The van der Waals surface area contributed by atoms with Crippen molar-refractivity contribution in [3.8, 4) is 0 Å². The first-order valence-corrected chi connectivity index (χ1v) is 7.13. The average molecular weight is 292 g/mol. The summed E-state index contributed by atoms with van der Waals surface area (Å²) in [6.45, 7) is 0. The summed E-state index contributed by atoms with van der Waals surface area (Å²) in [5.74, 6) is -0.0255. The van der Waals surface area contributed by atoms with Crippen LogP contribution in [0.25, 0.3) is 0 Å². The molecule has 0 saturated heterocycles. The minimum Gasteiger partial charge on any atom is -0.383 e. The van der Waals surface area contributed by atoms with E-state index in [1.54, 1.807) is 6.08 Å². The van der Waals surface area contributed by atoms with Crippen LogP contribution in [0.2, 0.25) is 0 Å². The molecule has 112 valence electrons. The Balaban J connectivity index is 2.23. The number of carbonyl (C=O) groups excluding carboxylic acids is 1. The highest BCUT2D eigenvalue weighted by Crippen LogP contribution is 2.11. The van der Waals surface area contributed by atoms with Crippen LogP contribution in [0.5, 0.6) is 0 Å². The van der Waals surface area contributed by atoms with Crippen LogP contribution in [-0.4, -0.2) is 24.8 Å². The van der Waals surface area contributed by atoms with Crippen molar-refractivity contribution >= 4 is 11.5 Å². The summed E-state index contributed by atoms with van der Waals surface area (Å²) in [5.41, 5.74) is 2.36. The smallest absolute Gasteiger partial charge is 0.187 e. The summed E-state index contributed by atoms with van der Waals surface area (Å²) < 4.78 is 0. The molecule has 2 aromatic rings. The molecule has 1 N–H and O–H groups in total. The van der Waals surface area contributed by atoms with Gasteiger partial charge in [0.1, 0.15) is 0 Å². The van der Waals surface area contributed by atoms with Crippen LogP contribution >= 0.6 is 0 Å². The van der Waals surface area contributed by atoms with E-state index in [2.05, 4.69) is 5.32 Å². The van der Waals surface area contributed by atoms with E-state index < -0.39 is 0 Å². The molecule has 0 radical (unpaired) electrons. The lowest BCUT2D eigenvalue weighted by Crippen LogP contribution is -2.05. The Kier molecular flexibility index (Phi) is 5.55. The maximum atomic E-state index is 12.3. The van der Waals surface area contributed by atoms with E-state index >= 15 is 0 Å². The zero-order valence-corrected chi connectivity index (χ0v) is 12.9. The van der Waals surface area contributed by atoms with Crippen molar-refractivity contribution in [2.45, 2.75) is 0 Å². The van der Waals surface area contributed by atoms with E-state index in [1.807, 2.05) is 91.9 Å². The normalized spacial score (nSPS) is 11.5. The second-order valence-electron chi connectivity index (χ2n) is 5.10. The standard InChI is InChI=1S/C19H20N2O/c1-21(2)14-13-18(20-17-11-7-4-8-12-17)15-19(22)16-9-5-3-6-10-16/h3-15,20H,1-2H3/b14-13+,18-15-. The third kappa shape index (κ3) is 4.94. The number of hydrogen-bond acceptors (Lipinski definition) is 3. The van der Waals surface area contributed by atoms with Gasteiger partial charge in [-0.25, -0.2) is 0 Å². The monoisotopic (exact) mass is 292 g/mol. The summed E-state index contributed by atoms with van der Waals surface area (Å²) in [6.07, 6.45) is 5.40. The second kappa shape index (κ2) is 7.84. The molecule has 0 unspecified atom stereocenters. The number of para-hydroxylation sites is 1. The van der Waals surface area contributed by atoms with E-state index in [4.69, 9.17) is 0 Å². The number of nitrogens with zero attached hydrogens (tertiary/aromatic N) is 1. The summed E-state index contributed by atoms with van der Waals surface area (Å²) >= 11 is 0. The summed E-state index contributed by atoms with van der Waals surface area (Å²) in [6, 6.07) is 19.0. The van der Waals surface area contributed by atoms with Crippen LogP contribution < -0.4 is 5.32 Å². The predicted octanol–water partition coefficient (Wildman–Crippen LogP) is 3.94. The van der Waals surface area contributed by atoms with Gasteiger partial charge in [0.15, 0.2) is 5.78 Å². The van der Waals surface area contributed by atoms with E-state index in [0.29, 0.717) is 5.56 Å². The molecule has 0 fully saturated rings. The third-order valence-corrected chi connectivity index (χ3v) is 2.96. The van der Waals surface area contributed by atoms with Gasteiger partial charge in [0.25, 0.3) is 0 Å². The Bertz CT molecular complexity index is 658. The van der Waals surface area contributed by atoms with Gasteiger partial charge in [-0.1, -0.05) is 48.5 Å². The first-order chi connectivity index (χ1) is 10.6. The largest absolute Gasteiger partial charge is 0.383 e. The molecule has 2 rings (SSSR count). The van der Waals surface area contributed by atoms with Gasteiger partial charge < -0.3 is 10.2 Å². The van der Waals surface area contributed by atoms with Crippen molar-refractivity contribution in [1.29, 1.82) is 0 Å². The lowest BCUT2D eigenvalue weighted by atomic mass is 10.1. The Morgan fingerprint density at radius 2 is 1.55 bits per heavy atom. The van der Waals surface area contributed by atoms with Crippen LogP contribution in [0, 0.1) is 0 Å². The van der Waals surface area contributed by atoms with Crippen molar-refractivity contribution in [1.82, 2.24) is 4.90 Å². The van der Waals surface area contributed by atoms with Gasteiger partial charge in [0.2, 0.25) is 0 Å². The van der Waals surface area contributed by atoms with E-state index in [1.165, 1.54) is 0 Å². The summed E-state index contributed by atoms with van der Waals surface area (Å²) in [4.78, 5) is 14.3. The van der Waals surface area contributed by atoms with E-state index in [-0.39, 0.29) is 5.78 Å². The number of hydrogen-bond donors (Lipinski definition) is 1. The zero-order chi connectivity index (χ0) is 15.8. The fraction of sp³-hybridized carbons (Fsp3) is 0.105. The molecule has 3 heteroatoms. The zero-order valence-electron chi connectivity index (χ0n) is 12.9. The molecule has 0 aliphatic heterocycles. The van der Waals surface area contributed by atoms with Crippen LogP contribution in [0.15, 0.2) is 84.7 Å². The fourth-order valence-electron chi connectivity index (χ4n) is 1.87. The van der Waals surface area contributed by atoms with Crippen molar-refractivity contribution in [3.05, 3.63) is 90.3 Å². The van der Waals surface area contributed by atoms with E-state index in [0.717, 1.165) is 11.4 Å². The van der Waals surface area contributed by atoms with E-state index in [9.17, 15) is 4.79 Å². The van der Waals surface area contributed by atoms with Crippen LogP contribution in [0.3, 0.4) is 0 Å². The van der Waals surface area contributed by atoms with Crippen molar-refractivity contribution in [2.75, 3.05) is 19.4 Å². The molecule has 0 spiro atoms. The molecular weight excluding hydrogens is 272 g/mol. The number of carbonyl (C=O) groups is 1. The highest BCUT2D eigenvalue weighted by molar-refractivity contribution is 6.05. The number of ketones is 1. The highest BCUT2D eigenvalue weighted by atomic mass is 16.1. The fourth-order valence-corrected chi connectivity index (χ4v) is 1.87. The first-order valence-electron chi connectivity index (χ1n) is 7.13. The average Bonchev–Trinajstić information content (AvgIpc) is 2.54. The van der Waals surface area contributed by atoms with Crippen LogP contribution in [0.1, 0.15) is 10.4 Å². The third-order valence-electron chi connectivity index (χ3n) is 2.96. The molecule has 0 amide bonds. The van der Waals surface area contributed by atoms with Gasteiger partial charge in [-0.15, -0.1) is 0 Å². The number of nitrogens with one attached hydrogen (secondary N) is 1. The minimum absolute atomic E-state index is 0.0255. The molecule has 0 atom stereocenters. The number of allylic oxidation sites excluding steroid dienone is 2. The summed E-state index contributed by atoms with van der Waals surface area (Å²) in [7, 11) is 3.88. The Morgan fingerprint density at radius 1 is 0.955 bits per heavy atom. The minimum atomic E-state index is -0.0255. The molecule has 0 heterocycles. The molecule has 22 heavy (non-hydrogen) atoms. The molecule has 0 aliphatic rings. The van der Waals surface area contributed by atoms with Crippen LogP contribution in [0.4, 0.5) is 5.69 Å². The maximum Gasteiger partial charge on any atom is 0.187 e. The van der Waals surface area contributed by atoms with Crippen molar-refractivity contribution in [2.24, 2.45) is 0 Å². The maximum absolute atomic E-state index is 12.3. The van der Waals surface area contributed by atoms with Crippen LogP contribution in [-0.2, 0) is 0 Å². The van der Waals surface area contributed by atoms with Gasteiger partial charge in [-0.3, -0.25) is 4.79 Å². The van der Waals surface area contributed by atoms with Crippen molar-refractivity contribution < 1.29 is 4.79 Å². The van der Waals surface area contributed by atoms with Gasteiger partial charge in [0.05, 0.1) is 0 Å². The summed E-state index contributed by atoms with van der Waals surface area (Å²) in [5, 5.41) is 3.26. The van der Waals surface area contributed by atoms with Gasteiger partial charge >= 0.3 is 0 Å². The molecule has 3 nitrogen and oxygen atoms in total. The molecule has 0 aromatic heterocycles. The van der Waals surface area contributed by atoms with Gasteiger partial charge in [0, 0.05) is 43.3 Å². The first kappa shape index (κ1) is 15.6. The van der Waals surface area contributed by atoms with Gasteiger partial charge in [-0.2, -0.15) is 0 Å². The lowest BCUT2D eigenvalue weighted by molar-refractivity contribution is 0.104. The topological polar surface area (TPSA) is 32.3 Å². The quantitative estimate of drug-likeness (QED) is 0.497. The van der Waals surface area contributed by atoms with Crippen molar-refractivity contribution in [3.63, 3.8) is 0 Å². The Labute approximate surface area is 131 Å². The van der Waals surface area contributed by atoms with Gasteiger partial charge in [-0.05, 0) is 18.2 Å². The SMILES string of the molecule is CN(C)/C=C/C(=C/C(=O)c1ccccc1)Nc1ccccc1.